The number of hydrogen-bond acceptors (Lipinski definition) is 4. The van der Waals surface area contributed by atoms with Crippen molar-refractivity contribution in [1.29, 1.82) is 0 Å². The largest absolute Gasteiger partial charge is 0.497 e. The van der Waals surface area contributed by atoms with Gasteiger partial charge in [0.2, 0.25) is 0 Å². The zero-order valence-electron chi connectivity index (χ0n) is 15.5. The van der Waals surface area contributed by atoms with Gasteiger partial charge in [-0.15, -0.1) is 0 Å². The molecule has 0 radical (unpaired) electrons. The lowest BCUT2D eigenvalue weighted by atomic mass is 10.0. The number of ether oxygens (including phenoxy) is 1. The molecule has 2 aromatic rings. The number of piperidine rings is 1. The van der Waals surface area contributed by atoms with E-state index < -0.39 is 11.8 Å². The van der Waals surface area contributed by atoms with Crippen molar-refractivity contribution < 1.29 is 14.3 Å². The molecule has 0 bridgehead atoms. The van der Waals surface area contributed by atoms with Crippen LogP contribution in [0.4, 0.5) is 5.69 Å². The van der Waals surface area contributed by atoms with Crippen LogP contribution in [0.2, 0.25) is 0 Å². The Kier molecular flexibility index (Phi) is 6.44. The molecule has 0 aliphatic carbocycles. The molecular formula is C21H25N3O3. The Morgan fingerprint density at radius 1 is 1.04 bits per heavy atom. The van der Waals surface area contributed by atoms with Crippen LogP contribution in [0.15, 0.2) is 54.6 Å². The van der Waals surface area contributed by atoms with Crippen LogP contribution < -0.4 is 15.4 Å². The summed E-state index contributed by atoms with van der Waals surface area (Å²) in [4.78, 5) is 26.7. The molecular weight excluding hydrogens is 342 g/mol. The molecule has 2 amide bonds. The fourth-order valence-corrected chi connectivity index (χ4v) is 3.22. The third kappa shape index (κ3) is 5.56. The second-order valence-electron chi connectivity index (χ2n) is 6.70. The van der Waals surface area contributed by atoms with Crippen LogP contribution in [0, 0.1) is 0 Å². The van der Waals surface area contributed by atoms with Crippen molar-refractivity contribution >= 4 is 17.5 Å². The van der Waals surface area contributed by atoms with Gasteiger partial charge in [0.15, 0.2) is 0 Å². The first-order valence-corrected chi connectivity index (χ1v) is 9.16. The van der Waals surface area contributed by atoms with Gasteiger partial charge in [-0.3, -0.25) is 14.5 Å². The Labute approximate surface area is 159 Å². The van der Waals surface area contributed by atoms with Crippen molar-refractivity contribution in [2.45, 2.75) is 25.4 Å². The van der Waals surface area contributed by atoms with Crippen molar-refractivity contribution in [3.8, 4) is 5.75 Å². The molecule has 1 aliphatic heterocycles. The van der Waals surface area contributed by atoms with Crippen LogP contribution in [-0.4, -0.2) is 43.0 Å². The molecule has 0 spiro atoms. The molecule has 0 unspecified atom stereocenters. The number of hydrogen-bond donors (Lipinski definition) is 2. The predicted molar refractivity (Wildman–Crippen MR) is 105 cm³/mol. The van der Waals surface area contributed by atoms with Crippen LogP contribution in [0.25, 0.3) is 0 Å². The maximum Gasteiger partial charge on any atom is 0.313 e. The van der Waals surface area contributed by atoms with E-state index in [1.54, 1.807) is 31.4 Å². The van der Waals surface area contributed by atoms with E-state index in [4.69, 9.17) is 4.74 Å². The lowest BCUT2D eigenvalue weighted by Crippen LogP contribution is -2.47. The highest BCUT2D eigenvalue weighted by Gasteiger charge is 2.23. The number of nitrogens with zero attached hydrogens (tertiary/aromatic N) is 1. The lowest BCUT2D eigenvalue weighted by Gasteiger charge is -2.32. The molecule has 1 heterocycles. The number of methoxy groups -OCH3 is 1. The van der Waals surface area contributed by atoms with Crippen molar-refractivity contribution in [3.63, 3.8) is 0 Å². The summed E-state index contributed by atoms with van der Waals surface area (Å²) in [5.41, 5.74) is 1.82. The standard InChI is InChI=1S/C21H25N3O3/c1-27-19-9-5-8-18(14-19)23-21(26)20(25)22-17-10-12-24(13-11-17)15-16-6-3-2-4-7-16/h2-9,14,17H,10-13,15H2,1H3,(H,22,25)(H,23,26). The minimum Gasteiger partial charge on any atom is -0.497 e. The second-order valence-corrected chi connectivity index (χ2v) is 6.70. The average Bonchev–Trinajstić information content (AvgIpc) is 2.70. The highest BCUT2D eigenvalue weighted by atomic mass is 16.5. The summed E-state index contributed by atoms with van der Waals surface area (Å²) in [5.74, 6) is -0.631. The summed E-state index contributed by atoms with van der Waals surface area (Å²) in [6, 6.07) is 17.3. The lowest BCUT2D eigenvalue weighted by molar-refractivity contribution is -0.136. The van der Waals surface area contributed by atoms with Gasteiger partial charge in [0, 0.05) is 37.4 Å². The van der Waals surface area contributed by atoms with E-state index in [2.05, 4.69) is 27.7 Å². The minimum atomic E-state index is -0.657. The Morgan fingerprint density at radius 3 is 2.48 bits per heavy atom. The highest BCUT2D eigenvalue weighted by Crippen LogP contribution is 2.17. The Morgan fingerprint density at radius 2 is 1.78 bits per heavy atom. The summed E-state index contributed by atoms with van der Waals surface area (Å²) >= 11 is 0. The van der Waals surface area contributed by atoms with E-state index in [9.17, 15) is 9.59 Å². The minimum absolute atomic E-state index is 0.0283. The first kappa shape index (κ1) is 18.9. The van der Waals surface area contributed by atoms with Gasteiger partial charge in [0.25, 0.3) is 0 Å². The fourth-order valence-electron chi connectivity index (χ4n) is 3.22. The summed E-state index contributed by atoms with van der Waals surface area (Å²) in [6.07, 6.45) is 1.68. The SMILES string of the molecule is COc1cccc(NC(=O)C(=O)NC2CCN(Cc3ccccc3)CC2)c1. The smallest absolute Gasteiger partial charge is 0.313 e. The van der Waals surface area contributed by atoms with Gasteiger partial charge in [-0.1, -0.05) is 36.4 Å². The van der Waals surface area contributed by atoms with Crippen LogP contribution >= 0.6 is 0 Å². The normalized spacial score (nSPS) is 15.1. The van der Waals surface area contributed by atoms with Crippen LogP contribution in [0.3, 0.4) is 0 Å². The summed E-state index contributed by atoms with van der Waals surface area (Å²) in [5, 5.41) is 5.45. The fraction of sp³-hybridized carbons (Fsp3) is 0.333. The molecule has 1 saturated heterocycles. The van der Waals surface area contributed by atoms with Gasteiger partial charge >= 0.3 is 11.8 Å². The van der Waals surface area contributed by atoms with Crippen molar-refractivity contribution in [2.75, 3.05) is 25.5 Å². The second kappa shape index (κ2) is 9.19. The zero-order valence-corrected chi connectivity index (χ0v) is 15.5. The maximum absolute atomic E-state index is 12.2. The first-order valence-electron chi connectivity index (χ1n) is 9.16. The van der Waals surface area contributed by atoms with E-state index in [-0.39, 0.29) is 6.04 Å². The molecule has 2 N–H and O–H groups in total. The molecule has 0 saturated carbocycles. The molecule has 142 valence electrons. The molecule has 6 nitrogen and oxygen atoms in total. The molecule has 6 heteroatoms. The van der Waals surface area contributed by atoms with E-state index >= 15 is 0 Å². The number of amides is 2. The number of likely N-dealkylation sites (tertiary alicyclic amines) is 1. The van der Waals surface area contributed by atoms with E-state index in [1.807, 2.05) is 18.2 Å². The van der Waals surface area contributed by atoms with Crippen molar-refractivity contribution in [1.82, 2.24) is 10.2 Å². The summed E-state index contributed by atoms with van der Waals surface area (Å²) < 4.78 is 5.11. The Balaban J connectivity index is 1.44. The molecule has 3 rings (SSSR count). The number of benzene rings is 2. The number of rotatable bonds is 5. The number of carbonyl (C=O) groups is 2. The van der Waals surface area contributed by atoms with Crippen LogP contribution in [0.5, 0.6) is 5.75 Å². The Hall–Kier alpha value is -2.86. The molecule has 0 atom stereocenters. The van der Waals surface area contributed by atoms with Crippen molar-refractivity contribution in [2.24, 2.45) is 0 Å². The molecule has 2 aromatic carbocycles. The molecule has 0 aromatic heterocycles. The highest BCUT2D eigenvalue weighted by molar-refractivity contribution is 6.39. The van der Waals surface area contributed by atoms with E-state index in [1.165, 1.54) is 5.56 Å². The van der Waals surface area contributed by atoms with Crippen molar-refractivity contribution in [3.05, 3.63) is 60.2 Å². The average molecular weight is 367 g/mol. The monoisotopic (exact) mass is 367 g/mol. The van der Waals surface area contributed by atoms with Gasteiger partial charge in [0.1, 0.15) is 5.75 Å². The summed E-state index contributed by atoms with van der Waals surface area (Å²) in [7, 11) is 1.55. The maximum atomic E-state index is 12.2. The van der Waals surface area contributed by atoms with Gasteiger partial charge < -0.3 is 15.4 Å². The number of nitrogens with one attached hydrogen (secondary N) is 2. The molecule has 1 fully saturated rings. The zero-order chi connectivity index (χ0) is 19.1. The third-order valence-electron chi connectivity index (χ3n) is 4.71. The molecule has 1 aliphatic rings. The van der Waals surface area contributed by atoms with Gasteiger partial charge in [-0.25, -0.2) is 0 Å². The van der Waals surface area contributed by atoms with Crippen LogP contribution in [0.1, 0.15) is 18.4 Å². The van der Waals surface area contributed by atoms with E-state index in [0.717, 1.165) is 32.5 Å². The number of anilines is 1. The van der Waals surface area contributed by atoms with Gasteiger partial charge in [-0.2, -0.15) is 0 Å². The van der Waals surface area contributed by atoms with Gasteiger partial charge in [0.05, 0.1) is 7.11 Å². The predicted octanol–water partition coefficient (Wildman–Crippen LogP) is 2.41. The van der Waals surface area contributed by atoms with Crippen LogP contribution in [-0.2, 0) is 16.1 Å². The van der Waals surface area contributed by atoms with E-state index in [0.29, 0.717) is 11.4 Å². The molecule has 27 heavy (non-hydrogen) atoms. The first-order chi connectivity index (χ1) is 13.1. The summed E-state index contributed by atoms with van der Waals surface area (Å²) in [6.45, 7) is 2.71. The quantitative estimate of drug-likeness (QED) is 0.797. The third-order valence-corrected chi connectivity index (χ3v) is 4.71. The topological polar surface area (TPSA) is 70.7 Å². The number of carbonyl (C=O) groups excluding carboxylic acids is 2. The Bertz CT molecular complexity index is 771. The van der Waals surface area contributed by atoms with Gasteiger partial charge in [-0.05, 0) is 30.5 Å².